The van der Waals surface area contributed by atoms with E-state index in [2.05, 4.69) is 4.98 Å². The second kappa shape index (κ2) is 8.58. The number of likely N-dealkylation sites (N-methyl/N-ethyl adjacent to an activating group) is 1. The van der Waals surface area contributed by atoms with Gasteiger partial charge in [0.25, 0.3) is 5.56 Å². The molecule has 1 amide bonds. The number of rotatable bonds is 5. The molecule has 0 aliphatic carbocycles. The van der Waals surface area contributed by atoms with Crippen LogP contribution in [-0.2, 0) is 23.8 Å². The third-order valence-corrected chi connectivity index (χ3v) is 6.06. The van der Waals surface area contributed by atoms with Crippen molar-refractivity contribution < 1.29 is 19.1 Å². The third kappa shape index (κ3) is 4.36. The van der Waals surface area contributed by atoms with Gasteiger partial charge in [-0.15, -0.1) is 0 Å². The Bertz CT molecular complexity index is 1070. The van der Waals surface area contributed by atoms with Crippen molar-refractivity contribution in [2.75, 3.05) is 26.7 Å². The Labute approximate surface area is 179 Å². The zero-order valence-electron chi connectivity index (χ0n) is 18.2. The van der Waals surface area contributed by atoms with Crippen molar-refractivity contribution in [3.63, 3.8) is 0 Å². The molecule has 0 saturated carbocycles. The van der Waals surface area contributed by atoms with Crippen molar-refractivity contribution in [2.24, 2.45) is 7.05 Å². The highest BCUT2D eigenvalue weighted by Crippen LogP contribution is 2.30. The smallest absolute Gasteiger partial charge is 0.296 e. The van der Waals surface area contributed by atoms with Crippen LogP contribution in [0.25, 0.3) is 0 Å². The molecule has 0 bridgehead atoms. The summed E-state index contributed by atoms with van der Waals surface area (Å²) in [5, 5.41) is 10.4. The number of hydrogen-bond donors (Lipinski definition) is 1. The highest BCUT2D eigenvalue weighted by Gasteiger charge is 2.42. The lowest BCUT2D eigenvalue weighted by molar-refractivity contribution is -0.134. The van der Waals surface area contributed by atoms with Crippen LogP contribution in [0.4, 0.5) is 4.39 Å². The van der Waals surface area contributed by atoms with E-state index >= 15 is 0 Å². The van der Waals surface area contributed by atoms with Gasteiger partial charge < -0.3 is 10.0 Å². The molecule has 31 heavy (non-hydrogen) atoms. The van der Waals surface area contributed by atoms with Crippen molar-refractivity contribution >= 4 is 11.7 Å². The molecule has 3 rings (SSSR count). The van der Waals surface area contributed by atoms with E-state index in [1.165, 1.54) is 30.7 Å². The molecule has 1 fully saturated rings. The maximum Gasteiger partial charge on any atom is 0.296 e. The van der Waals surface area contributed by atoms with E-state index in [9.17, 15) is 23.9 Å². The molecule has 1 aromatic heterocycles. The quantitative estimate of drug-likeness (QED) is 0.722. The monoisotopic (exact) mass is 430 g/mol. The minimum Gasteiger partial charge on any atom is -0.501 e. The van der Waals surface area contributed by atoms with Gasteiger partial charge in [-0.2, -0.15) is 0 Å². The van der Waals surface area contributed by atoms with E-state index in [1.54, 1.807) is 17.0 Å². The van der Waals surface area contributed by atoms with E-state index in [1.807, 2.05) is 18.9 Å². The lowest BCUT2D eigenvalue weighted by atomic mass is 9.94. The van der Waals surface area contributed by atoms with Crippen LogP contribution in [0.15, 0.2) is 29.1 Å². The highest BCUT2D eigenvalue weighted by atomic mass is 19.1. The van der Waals surface area contributed by atoms with E-state index < -0.39 is 22.6 Å². The first-order chi connectivity index (χ1) is 14.5. The van der Waals surface area contributed by atoms with E-state index in [0.717, 1.165) is 5.56 Å². The Balaban J connectivity index is 1.96. The molecule has 166 valence electrons. The number of benzene rings is 1. The first kappa shape index (κ1) is 22.6. The summed E-state index contributed by atoms with van der Waals surface area (Å²) < 4.78 is 14.3. The summed E-state index contributed by atoms with van der Waals surface area (Å²) in [7, 11) is 3.36. The largest absolute Gasteiger partial charge is 0.501 e. The van der Waals surface area contributed by atoms with Crippen LogP contribution in [0.1, 0.15) is 42.1 Å². The Hall–Kier alpha value is -3.07. The first-order valence-corrected chi connectivity index (χ1v) is 10.1. The normalized spacial score (nSPS) is 19.5. The zero-order chi connectivity index (χ0) is 22.9. The molecular formula is C22H27FN4O4. The van der Waals surface area contributed by atoms with Crippen molar-refractivity contribution in [3.05, 3.63) is 57.5 Å². The molecule has 2 heterocycles. The van der Waals surface area contributed by atoms with Gasteiger partial charge in [0.15, 0.2) is 11.5 Å². The zero-order valence-corrected chi connectivity index (χ0v) is 18.2. The number of halogens is 1. The molecule has 0 radical (unpaired) electrons. The van der Waals surface area contributed by atoms with Crippen molar-refractivity contribution in [2.45, 2.75) is 32.2 Å². The Morgan fingerprint density at radius 2 is 1.84 bits per heavy atom. The van der Waals surface area contributed by atoms with Gasteiger partial charge >= 0.3 is 0 Å². The lowest BCUT2D eigenvalue weighted by Gasteiger charge is -2.47. The fraction of sp³-hybridized carbons (Fsp3) is 0.455. The Morgan fingerprint density at radius 3 is 2.45 bits per heavy atom. The molecule has 1 aliphatic rings. The van der Waals surface area contributed by atoms with Crippen LogP contribution < -0.4 is 5.56 Å². The van der Waals surface area contributed by atoms with Gasteiger partial charge in [0, 0.05) is 40.0 Å². The SMILES string of the molecule is CC(=O)N1CCN(C)C(C)(c2nc(C(=O)CCc3ccc(F)cc3)c(O)c(=O)n2C)C1. The summed E-state index contributed by atoms with van der Waals surface area (Å²) in [5.74, 6) is -1.32. The number of Topliss-reactive ketones (excluding diaryl/α,β-unsaturated/α-hetero) is 1. The summed E-state index contributed by atoms with van der Waals surface area (Å²) in [6.45, 7) is 4.76. The van der Waals surface area contributed by atoms with Crippen LogP contribution in [0.5, 0.6) is 5.75 Å². The summed E-state index contributed by atoms with van der Waals surface area (Å²) in [4.78, 5) is 45.6. The highest BCUT2D eigenvalue weighted by molar-refractivity contribution is 5.96. The molecule has 1 aliphatic heterocycles. The summed E-state index contributed by atoms with van der Waals surface area (Å²) in [6, 6.07) is 5.79. The number of ketones is 1. The summed E-state index contributed by atoms with van der Waals surface area (Å²) in [5.41, 5.74) is -1.06. The summed E-state index contributed by atoms with van der Waals surface area (Å²) in [6.07, 6.45) is 0.324. The number of carbonyl (C=O) groups is 2. The van der Waals surface area contributed by atoms with Crippen LogP contribution in [0, 0.1) is 5.82 Å². The molecule has 2 aromatic rings. The average molecular weight is 430 g/mol. The number of nitrogens with zero attached hydrogens (tertiary/aromatic N) is 4. The Kier molecular flexibility index (Phi) is 6.26. The van der Waals surface area contributed by atoms with E-state index in [0.29, 0.717) is 31.9 Å². The second-order valence-corrected chi connectivity index (χ2v) is 8.18. The fourth-order valence-corrected chi connectivity index (χ4v) is 3.89. The molecular weight excluding hydrogens is 403 g/mol. The number of amides is 1. The maximum absolute atomic E-state index is 13.1. The van der Waals surface area contributed by atoms with Gasteiger partial charge in [-0.1, -0.05) is 12.1 Å². The van der Waals surface area contributed by atoms with Crippen LogP contribution in [-0.4, -0.2) is 62.8 Å². The second-order valence-electron chi connectivity index (χ2n) is 8.18. The minimum absolute atomic E-state index is 0.00489. The van der Waals surface area contributed by atoms with Gasteiger partial charge in [0.1, 0.15) is 11.6 Å². The van der Waals surface area contributed by atoms with Crippen LogP contribution in [0.2, 0.25) is 0 Å². The standard InChI is InChI=1S/C22H27FN4O4/c1-14(28)27-12-11-25(3)22(2,13-27)21-24-18(19(30)20(31)26(21)4)17(29)10-7-15-5-8-16(23)9-6-15/h5-6,8-9,30H,7,10-13H2,1-4H3. The molecule has 1 unspecified atom stereocenters. The molecule has 1 N–H and O–H groups in total. The number of hydrogen-bond acceptors (Lipinski definition) is 6. The van der Waals surface area contributed by atoms with Crippen LogP contribution in [0.3, 0.4) is 0 Å². The van der Waals surface area contributed by atoms with Gasteiger partial charge in [-0.05, 0) is 38.1 Å². The molecule has 1 aromatic carbocycles. The minimum atomic E-state index is -0.822. The van der Waals surface area contributed by atoms with Crippen LogP contribution >= 0.6 is 0 Å². The van der Waals surface area contributed by atoms with Gasteiger partial charge in [-0.3, -0.25) is 23.9 Å². The number of aromatic nitrogens is 2. The van der Waals surface area contributed by atoms with Crippen molar-refractivity contribution in [1.29, 1.82) is 0 Å². The number of aromatic hydroxyl groups is 1. The van der Waals surface area contributed by atoms with Gasteiger partial charge in [0.05, 0.1) is 5.54 Å². The molecule has 9 heteroatoms. The van der Waals surface area contributed by atoms with E-state index in [4.69, 9.17) is 0 Å². The first-order valence-electron chi connectivity index (χ1n) is 10.1. The maximum atomic E-state index is 13.1. The molecule has 1 atom stereocenters. The van der Waals surface area contributed by atoms with Gasteiger partial charge in [0.2, 0.25) is 11.7 Å². The molecule has 8 nitrogen and oxygen atoms in total. The third-order valence-electron chi connectivity index (χ3n) is 6.06. The summed E-state index contributed by atoms with van der Waals surface area (Å²) >= 11 is 0. The van der Waals surface area contributed by atoms with Gasteiger partial charge in [-0.25, -0.2) is 9.37 Å². The Morgan fingerprint density at radius 1 is 1.19 bits per heavy atom. The number of piperazine rings is 1. The van der Waals surface area contributed by atoms with Crippen molar-refractivity contribution in [1.82, 2.24) is 19.4 Å². The van der Waals surface area contributed by atoms with Crippen molar-refractivity contribution in [3.8, 4) is 5.75 Å². The lowest BCUT2D eigenvalue weighted by Crippen LogP contribution is -2.60. The topological polar surface area (TPSA) is 95.7 Å². The fourth-order valence-electron chi connectivity index (χ4n) is 3.89. The predicted molar refractivity (Wildman–Crippen MR) is 112 cm³/mol. The molecule has 1 saturated heterocycles. The van der Waals surface area contributed by atoms with E-state index in [-0.39, 0.29) is 23.8 Å². The number of aryl methyl sites for hydroxylation is 1. The average Bonchev–Trinajstić information content (AvgIpc) is 2.73. The number of carbonyl (C=O) groups excluding carboxylic acids is 2. The molecule has 0 spiro atoms. The predicted octanol–water partition coefficient (Wildman–Crippen LogP) is 1.45.